The van der Waals surface area contributed by atoms with E-state index in [4.69, 9.17) is 33.7 Å². The minimum Gasteiger partial charge on any atom is -0.482 e. The Morgan fingerprint density at radius 1 is 1.30 bits per heavy atom. The minimum absolute atomic E-state index is 0.104. The highest BCUT2D eigenvalue weighted by Crippen LogP contribution is 2.36. The van der Waals surface area contributed by atoms with Gasteiger partial charge >= 0.3 is 0 Å². The largest absolute Gasteiger partial charge is 0.482 e. The molecule has 0 aliphatic carbocycles. The van der Waals surface area contributed by atoms with Crippen molar-refractivity contribution in [1.29, 1.82) is 0 Å². The molecule has 0 spiro atoms. The van der Waals surface area contributed by atoms with E-state index in [1.165, 1.54) is 11.3 Å². The molecule has 2 N–H and O–H groups in total. The lowest BCUT2D eigenvalue weighted by Crippen LogP contribution is -2.31. The summed E-state index contributed by atoms with van der Waals surface area (Å²) in [7, 11) is 0. The molecule has 2 rings (SSSR count). The Morgan fingerprint density at radius 3 is 2.60 bits per heavy atom. The van der Waals surface area contributed by atoms with Crippen LogP contribution in [0.1, 0.15) is 24.3 Å². The second-order valence-electron chi connectivity index (χ2n) is 4.33. The first-order chi connectivity index (χ1) is 9.51. The molecule has 20 heavy (non-hydrogen) atoms. The number of halogens is 3. The van der Waals surface area contributed by atoms with E-state index in [0.717, 1.165) is 20.1 Å². The van der Waals surface area contributed by atoms with Crippen LogP contribution in [0.15, 0.2) is 34.8 Å². The van der Waals surface area contributed by atoms with Crippen LogP contribution in [-0.2, 0) is 0 Å². The van der Waals surface area contributed by atoms with Gasteiger partial charge in [-0.1, -0.05) is 30.1 Å². The van der Waals surface area contributed by atoms with Crippen LogP contribution in [0.3, 0.4) is 0 Å². The van der Waals surface area contributed by atoms with Gasteiger partial charge in [-0.3, -0.25) is 0 Å². The lowest BCUT2D eigenvalue weighted by molar-refractivity contribution is 0.173. The topological polar surface area (TPSA) is 35.2 Å². The molecule has 1 aromatic heterocycles. The highest BCUT2D eigenvalue weighted by Gasteiger charge is 2.23. The quantitative estimate of drug-likeness (QED) is 0.708. The third-order valence-electron chi connectivity index (χ3n) is 2.88. The van der Waals surface area contributed by atoms with Crippen molar-refractivity contribution < 1.29 is 4.74 Å². The number of nitrogens with two attached hydrogens (primary N) is 1. The van der Waals surface area contributed by atoms with E-state index in [1.54, 1.807) is 12.1 Å². The molecule has 2 atom stereocenters. The van der Waals surface area contributed by atoms with E-state index in [2.05, 4.69) is 15.9 Å². The zero-order chi connectivity index (χ0) is 14.7. The van der Waals surface area contributed by atoms with Gasteiger partial charge in [0.1, 0.15) is 11.9 Å². The second-order valence-corrected chi connectivity index (χ2v) is 7.36. The molecular formula is C14H14BrCl2NOS. The van der Waals surface area contributed by atoms with Crippen LogP contribution in [-0.4, -0.2) is 6.04 Å². The van der Waals surface area contributed by atoms with Gasteiger partial charge in [0.05, 0.1) is 8.81 Å². The molecule has 0 fully saturated rings. The van der Waals surface area contributed by atoms with Crippen molar-refractivity contribution in [3.63, 3.8) is 0 Å². The third kappa shape index (κ3) is 3.89. The summed E-state index contributed by atoms with van der Waals surface area (Å²) < 4.78 is 7.61. The predicted molar refractivity (Wildman–Crippen MR) is 90.1 cm³/mol. The van der Waals surface area contributed by atoms with Gasteiger partial charge in [-0.15, -0.1) is 11.3 Å². The second kappa shape index (κ2) is 7.14. The van der Waals surface area contributed by atoms with Gasteiger partial charge in [0.2, 0.25) is 0 Å². The van der Waals surface area contributed by atoms with Gasteiger partial charge in [-0.05, 0) is 52.7 Å². The molecule has 2 aromatic rings. The fourth-order valence-corrected chi connectivity index (χ4v) is 3.70. The normalized spacial score (nSPS) is 14.1. The summed E-state index contributed by atoms with van der Waals surface area (Å²) in [5, 5.41) is 0.653. The predicted octanol–water partition coefficient (Wildman–Crippen LogP) is 5.67. The molecule has 6 heteroatoms. The molecule has 0 aliphatic rings. The Hall–Kier alpha value is -0.260. The molecule has 2 unspecified atom stereocenters. The van der Waals surface area contributed by atoms with Gasteiger partial charge in [-0.2, -0.15) is 0 Å². The molecule has 0 bridgehead atoms. The number of ether oxygens (including phenoxy) is 1. The maximum atomic E-state index is 6.18. The van der Waals surface area contributed by atoms with Crippen molar-refractivity contribution in [3.05, 3.63) is 49.0 Å². The average molecular weight is 395 g/mol. The Balaban J connectivity index is 2.28. The number of thiophene rings is 1. The van der Waals surface area contributed by atoms with E-state index in [1.807, 2.05) is 25.1 Å². The maximum absolute atomic E-state index is 6.18. The minimum atomic E-state index is -0.227. The summed E-state index contributed by atoms with van der Waals surface area (Å²) in [6.07, 6.45) is 0.584. The van der Waals surface area contributed by atoms with Gasteiger partial charge in [0.25, 0.3) is 0 Å². The molecule has 108 valence electrons. The molecule has 1 aromatic carbocycles. The van der Waals surface area contributed by atoms with Crippen LogP contribution in [0, 0.1) is 0 Å². The van der Waals surface area contributed by atoms with E-state index < -0.39 is 0 Å². The number of benzene rings is 1. The summed E-state index contributed by atoms with van der Waals surface area (Å²) in [6.45, 7) is 2.03. The summed E-state index contributed by atoms with van der Waals surface area (Å²) in [5.74, 6) is 0.716. The number of rotatable bonds is 5. The molecule has 2 nitrogen and oxygen atoms in total. The SMILES string of the molecule is CCC(N)C(Oc1ccc(Cl)cc1Br)c1ccc(Cl)s1. The zero-order valence-electron chi connectivity index (χ0n) is 10.8. The van der Waals surface area contributed by atoms with E-state index in [0.29, 0.717) is 10.8 Å². The molecule has 0 aliphatic heterocycles. The van der Waals surface area contributed by atoms with Gasteiger partial charge in [0.15, 0.2) is 0 Å². The van der Waals surface area contributed by atoms with Gasteiger partial charge < -0.3 is 10.5 Å². The Bertz CT molecular complexity index is 590. The lowest BCUT2D eigenvalue weighted by Gasteiger charge is -2.24. The first-order valence-electron chi connectivity index (χ1n) is 6.13. The summed E-state index contributed by atoms with van der Waals surface area (Å²) >= 11 is 16.9. The zero-order valence-corrected chi connectivity index (χ0v) is 14.7. The van der Waals surface area contributed by atoms with Crippen molar-refractivity contribution in [2.45, 2.75) is 25.5 Å². The van der Waals surface area contributed by atoms with Crippen molar-refractivity contribution in [1.82, 2.24) is 0 Å². The van der Waals surface area contributed by atoms with Crippen LogP contribution in [0.25, 0.3) is 0 Å². The number of hydrogen-bond donors (Lipinski definition) is 1. The highest BCUT2D eigenvalue weighted by molar-refractivity contribution is 9.10. The maximum Gasteiger partial charge on any atom is 0.148 e. The molecule has 0 radical (unpaired) electrons. The van der Waals surface area contributed by atoms with Crippen LogP contribution in [0.5, 0.6) is 5.75 Å². The summed E-state index contributed by atoms with van der Waals surface area (Å²) in [6, 6.07) is 9.13. The van der Waals surface area contributed by atoms with Crippen LogP contribution >= 0.6 is 50.5 Å². The van der Waals surface area contributed by atoms with Crippen molar-refractivity contribution in [2.24, 2.45) is 5.73 Å². The van der Waals surface area contributed by atoms with E-state index >= 15 is 0 Å². The monoisotopic (exact) mass is 393 g/mol. The molecular weight excluding hydrogens is 381 g/mol. The standard InChI is InChI=1S/C14H14BrCl2NOS/c1-2-10(18)14(12-5-6-13(17)20-12)19-11-4-3-8(16)7-9(11)15/h3-7,10,14H,2,18H2,1H3. The fraction of sp³-hybridized carbons (Fsp3) is 0.286. The van der Waals surface area contributed by atoms with Crippen molar-refractivity contribution in [2.75, 3.05) is 0 Å². The fourth-order valence-electron chi connectivity index (χ4n) is 1.76. The Labute approximate surface area is 141 Å². The van der Waals surface area contributed by atoms with E-state index in [9.17, 15) is 0 Å². The summed E-state index contributed by atoms with van der Waals surface area (Å²) in [5.41, 5.74) is 6.18. The van der Waals surface area contributed by atoms with Crippen LogP contribution in [0.4, 0.5) is 0 Å². The van der Waals surface area contributed by atoms with Crippen molar-refractivity contribution in [3.8, 4) is 5.75 Å². The van der Waals surface area contributed by atoms with Gasteiger partial charge in [0, 0.05) is 15.9 Å². The van der Waals surface area contributed by atoms with E-state index in [-0.39, 0.29) is 12.1 Å². The van der Waals surface area contributed by atoms with Crippen LogP contribution < -0.4 is 10.5 Å². The van der Waals surface area contributed by atoms with Gasteiger partial charge in [-0.25, -0.2) is 0 Å². The first kappa shape index (κ1) is 16.1. The lowest BCUT2D eigenvalue weighted by atomic mass is 10.1. The Kier molecular flexibility index (Phi) is 5.75. The Morgan fingerprint density at radius 2 is 2.05 bits per heavy atom. The number of hydrogen-bond acceptors (Lipinski definition) is 3. The van der Waals surface area contributed by atoms with Crippen molar-refractivity contribution >= 4 is 50.5 Å². The molecule has 0 saturated carbocycles. The molecule has 0 saturated heterocycles. The summed E-state index contributed by atoms with van der Waals surface area (Å²) in [4.78, 5) is 1.02. The first-order valence-corrected chi connectivity index (χ1v) is 8.50. The highest BCUT2D eigenvalue weighted by atomic mass is 79.9. The average Bonchev–Trinajstić information content (AvgIpc) is 2.83. The smallest absolute Gasteiger partial charge is 0.148 e. The third-order valence-corrected chi connectivity index (χ3v) is 5.03. The molecule has 1 heterocycles. The molecule has 0 amide bonds. The van der Waals surface area contributed by atoms with Crippen LogP contribution in [0.2, 0.25) is 9.36 Å².